The fourth-order valence-corrected chi connectivity index (χ4v) is 4.01. The van der Waals surface area contributed by atoms with Crippen LogP contribution in [0.2, 0.25) is 5.02 Å². The van der Waals surface area contributed by atoms with E-state index < -0.39 is 12.2 Å². The minimum absolute atomic E-state index is 0.0582. The van der Waals surface area contributed by atoms with Gasteiger partial charge in [0, 0.05) is 41.9 Å². The maximum Gasteiger partial charge on any atom is 0.253 e. The van der Waals surface area contributed by atoms with Crippen molar-refractivity contribution in [1.82, 2.24) is 15.2 Å². The lowest BCUT2D eigenvalue weighted by Crippen LogP contribution is -2.38. The molecule has 32 heavy (non-hydrogen) atoms. The van der Waals surface area contributed by atoms with Crippen LogP contribution in [0.4, 0.5) is 4.39 Å². The van der Waals surface area contributed by atoms with Crippen LogP contribution in [0.15, 0.2) is 35.4 Å². The van der Waals surface area contributed by atoms with Gasteiger partial charge in [0.25, 0.3) is 5.91 Å². The van der Waals surface area contributed by atoms with Crippen molar-refractivity contribution in [3.63, 3.8) is 0 Å². The molecular formula is C23H26ClFN4O3. The molecule has 0 radical (unpaired) electrons. The van der Waals surface area contributed by atoms with Gasteiger partial charge in [0.15, 0.2) is 5.84 Å². The van der Waals surface area contributed by atoms with E-state index in [-0.39, 0.29) is 18.1 Å². The second-order valence-corrected chi connectivity index (χ2v) is 8.48. The van der Waals surface area contributed by atoms with Gasteiger partial charge in [-0.2, -0.15) is 5.10 Å². The number of hydrazone groups is 1. The van der Waals surface area contributed by atoms with Crippen LogP contribution in [0.25, 0.3) is 11.1 Å². The van der Waals surface area contributed by atoms with Crippen molar-refractivity contribution < 1.29 is 19.0 Å². The molecule has 2 aliphatic rings. The summed E-state index contributed by atoms with van der Waals surface area (Å²) in [5.41, 5.74) is 4.43. The third kappa shape index (κ3) is 4.52. The molecule has 4 rings (SSSR count). The Morgan fingerprint density at radius 1 is 1.25 bits per heavy atom. The van der Waals surface area contributed by atoms with E-state index in [0.717, 1.165) is 24.8 Å². The fraction of sp³-hybridized carbons (Fsp3) is 0.391. The second-order valence-electron chi connectivity index (χ2n) is 8.08. The lowest BCUT2D eigenvalue weighted by molar-refractivity contribution is 0.0541. The van der Waals surface area contributed by atoms with E-state index in [1.807, 2.05) is 11.8 Å². The monoisotopic (exact) mass is 460 g/mol. The van der Waals surface area contributed by atoms with Gasteiger partial charge in [-0.05, 0) is 62.1 Å². The average molecular weight is 461 g/mol. The van der Waals surface area contributed by atoms with Crippen molar-refractivity contribution in [2.45, 2.75) is 32.5 Å². The number of halogens is 2. The lowest BCUT2D eigenvalue weighted by atomic mass is 9.99. The molecule has 1 unspecified atom stereocenters. The highest BCUT2D eigenvalue weighted by molar-refractivity contribution is 6.31. The van der Waals surface area contributed by atoms with E-state index >= 15 is 0 Å². The highest BCUT2D eigenvalue weighted by atomic mass is 35.5. The lowest BCUT2D eigenvalue weighted by Gasteiger charge is -2.27. The summed E-state index contributed by atoms with van der Waals surface area (Å²) in [4.78, 5) is 16.3. The number of aryl methyl sites for hydroxylation is 1. The molecular weight excluding hydrogens is 435 g/mol. The molecule has 1 atom stereocenters. The number of amidine groups is 1. The Bertz CT molecular complexity index is 1060. The van der Waals surface area contributed by atoms with Crippen molar-refractivity contribution >= 4 is 23.3 Å². The Labute approximate surface area is 191 Å². The Balaban J connectivity index is 1.66. The third-order valence-corrected chi connectivity index (χ3v) is 6.25. The van der Waals surface area contributed by atoms with Gasteiger partial charge in [0.2, 0.25) is 6.35 Å². The van der Waals surface area contributed by atoms with Gasteiger partial charge < -0.3 is 19.6 Å². The van der Waals surface area contributed by atoms with Crippen LogP contribution >= 0.6 is 11.6 Å². The number of benzene rings is 2. The van der Waals surface area contributed by atoms with Crippen LogP contribution in [0.3, 0.4) is 0 Å². The summed E-state index contributed by atoms with van der Waals surface area (Å²) in [7, 11) is 1.68. The number of nitrogens with zero attached hydrogens (tertiary/aromatic N) is 3. The zero-order valence-corrected chi connectivity index (χ0v) is 18.8. The molecule has 9 heteroatoms. The summed E-state index contributed by atoms with van der Waals surface area (Å²) in [6.07, 6.45) is 2.16. The molecule has 0 aromatic heterocycles. The third-order valence-electron chi connectivity index (χ3n) is 5.85. The van der Waals surface area contributed by atoms with Crippen LogP contribution < -0.4 is 10.2 Å². The van der Waals surface area contributed by atoms with Gasteiger partial charge in [0.05, 0.1) is 0 Å². The average Bonchev–Trinajstić information content (AvgIpc) is 3.12. The number of likely N-dealkylation sites (tertiary alicyclic amines) is 1. The van der Waals surface area contributed by atoms with Crippen LogP contribution in [-0.2, 0) is 0 Å². The van der Waals surface area contributed by atoms with E-state index in [4.69, 9.17) is 16.3 Å². The van der Waals surface area contributed by atoms with Crippen molar-refractivity contribution in [3.05, 3.63) is 52.3 Å². The molecule has 2 aromatic carbocycles. The van der Waals surface area contributed by atoms with Crippen molar-refractivity contribution in [1.29, 1.82) is 0 Å². The van der Waals surface area contributed by atoms with E-state index in [0.29, 0.717) is 40.8 Å². The number of carbonyl (C=O) groups excluding carboxylic acids is 1. The molecule has 0 saturated carbocycles. The smallest absolute Gasteiger partial charge is 0.253 e. The van der Waals surface area contributed by atoms with E-state index in [1.165, 1.54) is 17.0 Å². The first-order valence-electron chi connectivity index (χ1n) is 10.6. The number of aliphatic hydroxyl groups is 1. The first-order chi connectivity index (χ1) is 15.3. The Morgan fingerprint density at radius 3 is 2.69 bits per heavy atom. The second kappa shape index (κ2) is 9.34. The number of amides is 1. The standard InChI is InChI=1S/C23H26ClFN4O3/c1-14-10-20(32-13-21-26-27-23(31)28(21)2)17(12-18(14)24)16-11-15(6-7-19(16)25)22(30)29-8-4-3-5-9-29/h6-7,10-12,23,27,31H,3-5,8-9,13H2,1-2H3. The van der Waals surface area contributed by atoms with Crippen LogP contribution in [0, 0.1) is 12.7 Å². The van der Waals surface area contributed by atoms with Gasteiger partial charge in [-0.15, -0.1) is 0 Å². The zero-order valence-electron chi connectivity index (χ0n) is 18.1. The number of nitrogens with one attached hydrogen (secondary N) is 1. The molecule has 0 aliphatic carbocycles. The fourth-order valence-electron chi connectivity index (χ4n) is 3.84. The highest BCUT2D eigenvalue weighted by Crippen LogP contribution is 2.37. The molecule has 2 heterocycles. The number of aliphatic hydroxyl groups excluding tert-OH is 1. The first kappa shape index (κ1) is 22.4. The largest absolute Gasteiger partial charge is 0.485 e. The number of hydrogen-bond acceptors (Lipinski definition) is 6. The molecule has 0 spiro atoms. The normalized spacial score (nSPS) is 18.4. The Morgan fingerprint density at radius 2 is 2.00 bits per heavy atom. The summed E-state index contributed by atoms with van der Waals surface area (Å²) < 4.78 is 20.9. The number of likely N-dealkylation sites (N-methyl/N-ethyl adjacent to an activating group) is 1. The van der Waals surface area contributed by atoms with Crippen LogP contribution in [-0.4, -0.2) is 59.7 Å². The molecule has 7 nitrogen and oxygen atoms in total. The minimum Gasteiger partial charge on any atom is -0.485 e. The van der Waals surface area contributed by atoms with E-state index in [9.17, 15) is 14.3 Å². The molecule has 170 valence electrons. The summed E-state index contributed by atoms with van der Waals surface area (Å²) in [6, 6.07) is 7.76. The van der Waals surface area contributed by atoms with E-state index in [2.05, 4.69) is 10.5 Å². The molecule has 1 saturated heterocycles. The molecule has 2 aliphatic heterocycles. The number of hydrogen-bond donors (Lipinski definition) is 2. The first-order valence-corrected chi connectivity index (χ1v) is 11.0. The van der Waals surface area contributed by atoms with Gasteiger partial charge in [-0.25, -0.2) is 4.39 Å². The summed E-state index contributed by atoms with van der Waals surface area (Å²) in [5.74, 6) is 0.322. The number of carbonyl (C=O) groups is 1. The van der Waals surface area contributed by atoms with Gasteiger partial charge in [-0.1, -0.05) is 11.6 Å². The Kier molecular flexibility index (Phi) is 6.53. The van der Waals surface area contributed by atoms with Crippen LogP contribution in [0.1, 0.15) is 35.2 Å². The van der Waals surface area contributed by atoms with Crippen molar-refractivity contribution in [3.8, 4) is 16.9 Å². The quantitative estimate of drug-likeness (QED) is 0.713. The molecule has 1 amide bonds. The van der Waals surface area contributed by atoms with Gasteiger partial charge in [-0.3, -0.25) is 10.2 Å². The number of piperidine rings is 1. The molecule has 1 fully saturated rings. The van der Waals surface area contributed by atoms with Crippen LogP contribution in [0.5, 0.6) is 5.75 Å². The number of ether oxygens (including phenoxy) is 1. The maximum atomic E-state index is 14.9. The maximum absolute atomic E-state index is 14.9. The Hall–Kier alpha value is -2.84. The minimum atomic E-state index is -0.921. The topological polar surface area (TPSA) is 77.4 Å². The summed E-state index contributed by atoms with van der Waals surface area (Å²) in [6.45, 7) is 3.32. The molecule has 2 aromatic rings. The van der Waals surface area contributed by atoms with Gasteiger partial charge >= 0.3 is 0 Å². The highest BCUT2D eigenvalue weighted by Gasteiger charge is 2.24. The molecule has 2 N–H and O–H groups in total. The summed E-state index contributed by atoms with van der Waals surface area (Å²) in [5, 5.41) is 14.2. The predicted molar refractivity (Wildman–Crippen MR) is 121 cm³/mol. The van der Waals surface area contributed by atoms with Crippen molar-refractivity contribution in [2.24, 2.45) is 5.10 Å². The SMILES string of the molecule is Cc1cc(OCC2=NNC(O)N2C)c(-c2cc(C(=O)N3CCCCC3)ccc2F)cc1Cl. The number of rotatable bonds is 5. The van der Waals surface area contributed by atoms with E-state index in [1.54, 1.807) is 25.2 Å². The van der Waals surface area contributed by atoms with Crippen molar-refractivity contribution in [2.75, 3.05) is 26.7 Å². The molecule has 0 bridgehead atoms. The predicted octanol–water partition coefficient (Wildman–Crippen LogP) is 3.58. The zero-order chi connectivity index (χ0) is 22.8. The summed E-state index contributed by atoms with van der Waals surface area (Å²) >= 11 is 6.35. The van der Waals surface area contributed by atoms with Gasteiger partial charge in [0.1, 0.15) is 18.2 Å².